The molecule has 0 unspecified atom stereocenters. The van der Waals surface area contributed by atoms with Crippen molar-refractivity contribution in [3.05, 3.63) is 41.9 Å². The predicted octanol–water partition coefficient (Wildman–Crippen LogP) is 1.85. The zero-order valence-corrected chi connectivity index (χ0v) is 9.69. The molecule has 0 aliphatic carbocycles. The number of aryl methyl sites for hydroxylation is 1. The van der Waals surface area contributed by atoms with Gasteiger partial charge in [-0.25, -0.2) is 0 Å². The number of hydrogen-bond acceptors (Lipinski definition) is 3. The van der Waals surface area contributed by atoms with E-state index in [2.05, 4.69) is 25.7 Å². The number of aromatic nitrogens is 4. The monoisotopic (exact) mass is 241 g/mol. The molecule has 0 spiro atoms. The molecule has 2 heterocycles. The molecule has 0 radical (unpaired) electrons. The van der Waals surface area contributed by atoms with Crippen molar-refractivity contribution in [1.82, 2.24) is 20.4 Å². The van der Waals surface area contributed by atoms with Crippen molar-refractivity contribution >= 4 is 22.5 Å². The molecule has 3 aromatic rings. The summed E-state index contributed by atoms with van der Waals surface area (Å²) in [7, 11) is 0. The summed E-state index contributed by atoms with van der Waals surface area (Å²) >= 11 is 0. The van der Waals surface area contributed by atoms with E-state index in [0.717, 1.165) is 22.3 Å². The molecular weight excluding hydrogens is 230 g/mol. The highest BCUT2D eigenvalue weighted by Crippen LogP contribution is 2.17. The molecule has 0 aliphatic rings. The molecule has 1 amide bonds. The summed E-state index contributed by atoms with van der Waals surface area (Å²) in [5.41, 5.74) is 2.89. The second-order valence-electron chi connectivity index (χ2n) is 4.03. The summed E-state index contributed by atoms with van der Waals surface area (Å²) in [4.78, 5) is 12.0. The van der Waals surface area contributed by atoms with Crippen LogP contribution >= 0.6 is 0 Å². The largest absolute Gasteiger partial charge is 0.322 e. The van der Waals surface area contributed by atoms with Gasteiger partial charge in [-0.2, -0.15) is 10.2 Å². The van der Waals surface area contributed by atoms with Crippen molar-refractivity contribution in [3.8, 4) is 0 Å². The molecule has 3 rings (SSSR count). The van der Waals surface area contributed by atoms with Gasteiger partial charge in [0, 0.05) is 16.8 Å². The number of carbonyl (C=O) groups is 1. The third-order valence-corrected chi connectivity index (χ3v) is 2.77. The Hall–Kier alpha value is -2.63. The van der Waals surface area contributed by atoms with E-state index in [0.29, 0.717) is 5.56 Å². The SMILES string of the molecule is Cc1[nH]ncc1C(=O)Nc1ccc2cn[nH]c2c1. The summed E-state index contributed by atoms with van der Waals surface area (Å²) in [5.74, 6) is -0.180. The lowest BCUT2D eigenvalue weighted by Gasteiger charge is -2.04. The van der Waals surface area contributed by atoms with Crippen LogP contribution in [0.4, 0.5) is 5.69 Å². The van der Waals surface area contributed by atoms with Gasteiger partial charge >= 0.3 is 0 Å². The van der Waals surface area contributed by atoms with Gasteiger partial charge in [-0.15, -0.1) is 0 Å². The molecule has 0 atom stereocenters. The lowest BCUT2D eigenvalue weighted by molar-refractivity contribution is 0.102. The average Bonchev–Trinajstić information content (AvgIpc) is 2.96. The lowest BCUT2D eigenvalue weighted by atomic mass is 10.2. The Morgan fingerprint density at radius 1 is 1.22 bits per heavy atom. The van der Waals surface area contributed by atoms with Crippen LogP contribution in [0, 0.1) is 6.92 Å². The van der Waals surface area contributed by atoms with Gasteiger partial charge < -0.3 is 5.32 Å². The summed E-state index contributed by atoms with van der Waals surface area (Å²) in [6, 6.07) is 5.58. The number of aromatic amines is 2. The maximum Gasteiger partial charge on any atom is 0.259 e. The van der Waals surface area contributed by atoms with Gasteiger partial charge in [-0.1, -0.05) is 0 Å². The first-order valence-electron chi connectivity index (χ1n) is 5.48. The Bertz CT molecular complexity index is 712. The fourth-order valence-electron chi connectivity index (χ4n) is 1.79. The second kappa shape index (κ2) is 3.99. The Kier molecular flexibility index (Phi) is 2.33. The van der Waals surface area contributed by atoms with E-state index in [1.165, 1.54) is 6.20 Å². The molecule has 2 aromatic heterocycles. The van der Waals surface area contributed by atoms with E-state index in [-0.39, 0.29) is 5.91 Å². The van der Waals surface area contributed by atoms with E-state index in [1.54, 1.807) is 13.1 Å². The highest BCUT2D eigenvalue weighted by atomic mass is 16.1. The highest BCUT2D eigenvalue weighted by molar-refractivity contribution is 6.05. The van der Waals surface area contributed by atoms with Crippen molar-refractivity contribution in [2.45, 2.75) is 6.92 Å². The topological polar surface area (TPSA) is 86.5 Å². The molecule has 18 heavy (non-hydrogen) atoms. The molecule has 1 aromatic carbocycles. The van der Waals surface area contributed by atoms with Crippen LogP contribution in [0.1, 0.15) is 16.1 Å². The Morgan fingerprint density at radius 2 is 2.06 bits per heavy atom. The van der Waals surface area contributed by atoms with Gasteiger partial charge in [0.2, 0.25) is 0 Å². The van der Waals surface area contributed by atoms with Gasteiger partial charge in [0.1, 0.15) is 0 Å². The fourth-order valence-corrected chi connectivity index (χ4v) is 1.79. The van der Waals surface area contributed by atoms with Gasteiger partial charge in [0.15, 0.2) is 0 Å². The molecule has 0 fully saturated rings. The smallest absolute Gasteiger partial charge is 0.259 e. The van der Waals surface area contributed by atoms with Crippen molar-refractivity contribution in [2.24, 2.45) is 0 Å². The minimum absolute atomic E-state index is 0.180. The molecule has 6 heteroatoms. The number of anilines is 1. The molecule has 90 valence electrons. The van der Waals surface area contributed by atoms with Crippen molar-refractivity contribution in [1.29, 1.82) is 0 Å². The predicted molar refractivity (Wildman–Crippen MR) is 67.4 cm³/mol. The van der Waals surface area contributed by atoms with E-state index >= 15 is 0 Å². The molecule has 0 saturated heterocycles. The van der Waals surface area contributed by atoms with Crippen LogP contribution in [0.25, 0.3) is 10.9 Å². The van der Waals surface area contributed by atoms with Crippen LogP contribution in [0.5, 0.6) is 0 Å². The Balaban J connectivity index is 1.88. The second-order valence-corrected chi connectivity index (χ2v) is 4.03. The summed E-state index contributed by atoms with van der Waals surface area (Å²) < 4.78 is 0. The number of fused-ring (bicyclic) bond motifs is 1. The van der Waals surface area contributed by atoms with Crippen LogP contribution in [-0.4, -0.2) is 26.3 Å². The van der Waals surface area contributed by atoms with Gasteiger partial charge in [0.05, 0.1) is 23.5 Å². The third kappa shape index (κ3) is 1.73. The van der Waals surface area contributed by atoms with E-state index in [4.69, 9.17) is 0 Å². The normalized spacial score (nSPS) is 10.7. The maximum absolute atomic E-state index is 12.0. The van der Waals surface area contributed by atoms with Crippen molar-refractivity contribution < 1.29 is 4.79 Å². The minimum atomic E-state index is -0.180. The number of amides is 1. The number of hydrogen-bond donors (Lipinski definition) is 3. The molecular formula is C12H11N5O. The number of rotatable bonds is 2. The van der Waals surface area contributed by atoms with Crippen LogP contribution < -0.4 is 5.32 Å². The first-order valence-corrected chi connectivity index (χ1v) is 5.48. The first-order chi connectivity index (χ1) is 8.74. The number of nitrogens with one attached hydrogen (secondary N) is 3. The van der Waals surface area contributed by atoms with E-state index < -0.39 is 0 Å². The van der Waals surface area contributed by atoms with Crippen LogP contribution in [0.3, 0.4) is 0 Å². The third-order valence-electron chi connectivity index (χ3n) is 2.77. The zero-order valence-electron chi connectivity index (χ0n) is 9.69. The maximum atomic E-state index is 12.0. The van der Waals surface area contributed by atoms with Gasteiger partial charge in [-0.05, 0) is 25.1 Å². The summed E-state index contributed by atoms with van der Waals surface area (Å²) in [5, 5.41) is 17.2. The molecule has 0 aliphatic heterocycles. The number of carbonyl (C=O) groups excluding carboxylic acids is 1. The summed E-state index contributed by atoms with van der Waals surface area (Å²) in [6.45, 7) is 1.81. The highest BCUT2D eigenvalue weighted by Gasteiger charge is 2.11. The lowest BCUT2D eigenvalue weighted by Crippen LogP contribution is -2.12. The average molecular weight is 241 g/mol. The quantitative estimate of drug-likeness (QED) is 0.639. The molecule has 0 saturated carbocycles. The molecule has 6 nitrogen and oxygen atoms in total. The fraction of sp³-hybridized carbons (Fsp3) is 0.0833. The molecule has 0 bridgehead atoms. The first kappa shape index (κ1) is 10.5. The molecule has 3 N–H and O–H groups in total. The van der Waals surface area contributed by atoms with Gasteiger partial charge in [-0.3, -0.25) is 15.0 Å². The van der Waals surface area contributed by atoms with Crippen LogP contribution in [-0.2, 0) is 0 Å². The zero-order chi connectivity index (χ0) is 12.5. The van der Waals surface area contributed by atoms with Gasteiger partial charge in [0.25, 0.3) is 5.91 Å². The Labute approximate surface area is 102 Å². The standard InChI is InChI=1S/C12H11N5O/c1-7-10(6-14-16-7)12(18)15-9-3-2-8-5-13-17-11(8)4-9/h2-6H,1H3,(H,13,17)(H,14,16)(H,15,18). The number of benzene rings is 1. The van der Waals surface area contributed by atoms with E-state index in [9.17, 15) is 4.79 Å². The number of nitrogens with zero attached hydrogens (tertiary/aromatic N) is 2. The van der Waals surface area contributed by atoms with Crippen LogP contribution in [0.2, 0.25) is 0 Å². The number of H-pyrrole nitrogens is 2. The van der Waals surface area contributed by atoms with Crippen molar-refractivity contribution in [3.63, 3.8) is 0 Å². The Morgan fingerprint density at radius 3 is 2.83 bits per heavy atom. The van der Waals surface area contributed by atoms with Crippen molar-refractivity contribution in [2.75, 3.05) is 5.32 Å². The van der Waals surface area contributed by atoms with E-state index in [1.807, 2.05) is 18.2 Å². The summed E-state index contributed by atoms with van der Waals surface area (Å²) in [6.07, 6.45) is 3.25. The van der Waals surface area contributed by atoms with Crippen LogP contribution in [0.15, 0.2) is 30.6 Å². The minimum Gasteiger partial charge on any atom is -0.322 e.